The molecule has 2 aromatic rings. The van der Waals surface area contributed by atoms with Gasteiger partial charge in [-0.05, 0) is 50.2 Å². The van der Waals surface area contributed by atoms with Crippen LogP contribution in [0, 0.1) is 13.8 Å². The average Bonchev–Trinajstić information content (AvgIpc) is 2.62. The van der Waals surface area contributed by atoms with Gasteiger partial charge < -0.3 is 19.7 Å². The highest BCUT2D eigenvalue weighted by Gasteiger charge is 2.11. The lowest BCUT2D eigenvalue weighted by Gasteiger charge is -2.21. The number of aliphatic hydroxyl groups excluding tert-OH is 2. The van der Waals surface area contributed by atoms with E-state index in [2.05, 4.69) is 11.0 Å². The third-order valence-electron chi connectivity index (χ3n) is 4.23. The van der Waals surface area contributed by atoms with Crippen LogP contribution in [-0.2, 0) is 6.54 Å². The van der Waals surface area contributed by atoms with Crippen molar-refractivity contribution in [1.29, 1.82) is 0 Å². The molecule has 1 atom stereocenters. The minimum Gasteiger partial charge on any atom is -0.494 e. The van der Waals surface area contributed by atoms with Crippen molar-refractivity contribution in [1.82, 2.24) is 4.90 Å². The minimum absolute atomic E-state index is 0.137. The summed E-state index contributed by atoms with van der Waals surface area (Å²) < 4.78 is 11.3. The normalized spacial score (nSPS) is 12.2. The second kappa shape index (κ2) is 10.9. The Morgan fingerprint density at radius 2 is 1.78 bits per heavy atom. The zero-order valence-electron chi connectivity index (χ0n) is 16.5. The van der Waals surface area contributed by atoms with Crippen LogP contribution in [0.2, 0.25) is 0 Å². The number of hydrogen-bond acceptors (Lipinski definition) is 5. The third kappa shape index (κ3) is 7.59. The third-order valence-corrected chi connectivity index (χ3v) is 4.23. The number of ether oxygens (including phenoxy) is 2. The van der Waals surface area contributed by atoms with E-state index in [4.69, 9.17) is 14.6 Å². The Bertz CT molecular complexity index is 687. The van der Waals surface area contributed by atoms with E-state index >= 15 is 0 Å². The molecular formula is C22H31NO4. The molecule has 0 saturated heterocycles. The maximum absolute atomic E-state index is 10.3. The van der Waals surface area contributed by atoms with Gasteiger partial charge in [-0.25, -0.2) is 0 Å². The average molecular weight is 373 g/mol. The molecule has 27 heavy (non-hydrogen) atoms. The zero-order chi connectivity index (χ0) is 19.6. The van der Waals surface area contributed by atoms with Crippen molar-refractivity contribution in [3.8, 4) is 11.5 Å². The van der Waals surface area contributed by atoms with Crippen LogP contribution in [0.4, 0.5) is 0 Å². The van der Waals surface area contributed by atoms with E-state index in [-0.39, 0.29) is 13.2 Å². The summed E-state index contributed by atoms with van der Waals surface area (Å²) in [6, 6.07) is 13.9. The molecule has 0 aliphatic heterocycles. The standard InChI is InChI=1S/C22H31NO4/c1-17-5-10-22(18(2)13-17)27-16-20(25)15-23(3)14-19-6-8-21(9-7-19)26-12-4-11-24/h5-10,13,20,24-25H,4,11-12,14-16H2,1-3H3. The van der Waals surface area contributed by atoms with Crippen LogP contribution in [-0.4, -0.2) is 54.6 Å². The van der Waals surface area contributed by atoms with E-state index in [1.165, 1.54) is 5.56 Å². The molecule has 0 radical (unpaired) electrons. The van der Waals surface area contributed by atoms with Gasteiger partial charge in [0.2, 0.25) is 0 Å². The molecule has 5 heteroatoms. The summed E-state index contributed by atoms with van der Waals surface area (Å²) in [4.78, 5) is 2.07. The summed E-state index contributed by atoms with van der Waals surface area (Å²) in [5.41, 5.74) is 3.43. The van der Waals surface area contributed by atoms with Crippen LogP contribution in [0.5, 0.6) is 11.5 Å². The van der Waals surface area contributed by atoms with Gasteiger partial charge in [-0.1, -0.05) is 29.8 Å². The molecule has 0 heterocycles. The molecule has 0 spiro atoms. The first-order valence-corrected chi connectivity index (χ1v) is 9.37. The molecule has 0 fully saturated rings. The molecule has 1 unspecified atom stereocenters. The van der Waals surface area contributed by atoms with Gasteiger partial charge in [0.1, 0.15) is 24.2 Å². The van der Waals surface area contributed by atoms with Crippen molar-refractivity contribution in [3.05, 3.63) is 59.2 Å². The smallest absolute Gasteiger partial charge is 0.122 e. The van der Waals surface area contributed by atoms with Crippen LogP contribution in [0.1, 0.15) is 23.1 Å². The van der Waals surface area contributed by atoms with Gasteiger partial charge in [0, 0.05) is 26.1 Å². The fraction of sp³-hybridized carbons (Fsp3) is 0.455. The second-order valence-electron chi connectivity index (χ2n) is 7.00. The Balaban J connectivity index is 1.74. The Hall–Kier alpha value is -2.08. The molecule has 0 aromatic heterocycles. The summed E-state index contributed by atoms with van der Waals surface area (Å²) in [5, 5.41) is 19.0. The van der Waals surface area contributed by atoms with Crippen LogP contribution in [0.15, 0.2) is 42.5 Å². The largest absolute Gasteiger partial charge is 0.494 e. The zero-order valence-corrected chi connectivity index (χ0v) is 16.5. The molecule has 2 aromatic carbocycles. The van der Waals surface area contributed by atoms with E-state index < -0.39 is 6.10 Å². The molecule has 2 rings (SSSR count). The van der Waals surface area contributed by atoms with E-state index in [0.717, 1.165) is 29.2 Å². The molecule has 0 aliphatic rings. The first kappa shape index (κ1) is 21.2. The molecule has 148 valence electrons. The van der Waals surface area contributed by atoms with Crippen molar-refractivity contribution < 1.29 is 19.7 Å². The minimum atomic E-state index is -0.559. The van der Waals surface area contributed by atoms with E-state index in [0.29, 0.717) is 19.6 Å². The maximum atomic E-state index is 10.3. The van der Waals surface area contributed by atoms with Crippen LogP contribution >= 0.6 is 0 Å². The number of hydrogen-bond donors (Lipinski definition) is 2. The topological polar surface area (TPSA) is 62.2 Å². The summed E-state index contributed by atoms with van der Waals surface area (Å²) in [7, 11) is 1.98. The summed E-state index contributed by atoms with van der Waals surface area (Å²) in [6.45, 7) is 6.25. The van der Waals surface area contributed by atoms with Crippen molar-refractivity contribution in [2.24, 2.45) is 0 Å². The molecule has 0 aliphatic carbocycles. The van der Waals surface area contributed by atoms with Gasteiger partial charge in [-0.3, -0.25) is 4.90 Å². The Morgan fingerprint density at radius 1 is 1.04 bits per heavy atom. The number of rotatable bonds is 11. The Labute approximate surface area is 162 Å². The predicted molar refractivity (Wildman–Crippen MR) is 107 cm³/mol. The quantitative estimate of drug-likeness (QED) is 0.593. The highest BCUT2D eigenvalue weighted by Crippen LogP contribution is 2.19. The summed E-state index contributed by atoms with van der Waals surface area (Å²) in [6.07, 6.45) is 0.0730. The van der Waals surface area contributed by atoms with Crippen molar-refractivity contribution in [3.63, 3.8) is 0 Å². The fourth-order valence-corrected chi connectivity index (χ4v) is 2.88. The van der Waals surface area contributed by atoms with Crippen molar-refractivity contribution in [2.45, 2.75) is 32.9 Å². The van der Waals surface area contributed by atoms with Gasteiger partial charge in [0.15, 0.2) is 0 Å². The number of benzene rings is 2. The highest BCUT2D eigenvalue weighted by molar-refractivity contribution is 5.35. The molecule has 2 N–H and O–H groups in total. The highest BCUT2D eigenvalue weighted by atomic mass is 16.5. The lowest BCUT2D eigenvalue weighted by Crippen LogP contribution is -2.32. The molecule has 0 bridgehead atoms. The van der Waals surface area contributed by atoms with Gasteiger partial charge in [-0.15, -0.1) is 0 Å². The fourth-order valence-electron chi connectivity index (χ4n) is 2.88. The van der Waals surface area contributed by atoms with Crippen LogP contribution in [0.25, 0.3) is 0 Å². The van der Waals surface area contributed by atoms with Gasteiger partial charge >= 0.3 is 0 Å². The molecule has 0 amide bonds. The number of nitrogens with zero attached hydrogens (tertiary/aromatic N) is 1. The first-order chi connectivity index (χ1) is 13.0. The number of aliphatic hydroxyl groups is 2. The molecular weight excluding hydrogens is 342 g/mol. The summed E-state index contributed by atoms with van der Waals surface area (Å²) >= 11 is 0. The van der Waals surface area contributed by atoms with Crippen LogP contribution in [0.3, 0.4) is 0 Å². The van der Waals surface area contributed by atoms with E-state index in [1.54, 1.807) is 0 Å². The predicted octanol–water partition coefficient (Wildman–Crippen LogP) is 2.94. The van der Waals surface area contributed by atoms with Gasteiger partial charge in [-0.2, -0.15) is 0 Å². The lowest BCUT2D eigenvalue weighted by atomic mass is 10.1. The van der Waals surface area contributed by atoms with Gasteiger partial charge in [0.05, 0.1) is 6.61 Å². The van der Waals surface area contributed by atoms with Gasteiger partial charge in [0.25, 0.3) is 0 Å². The Kier molecular flexibility index (Phi) is 8.58. The number of likely N-dealkylation sites (N-methyl/N-ethyl adjacent to an activating group) is 1. The van der Waals surface area contributed by atoms with E-state index in [1.807, 2.05) is 57.3 Å². The number of aryl methyl sites for hydroxylation is 2. The lowest BCUT2D eigenvalue weighted by molar-refractivity contribution is 0.0741. The second-order valence-corrected chi connectivity index (χ2v) is 7.00. The van der Waals surface area contributed by atoms with Crippen molar-refractivity contribution >= 4 is 0 Å². The van der Waals surface area contributed by atoms with Crippen molar-refractivity contribution in [2.75, 3.05) is 33.4 Å². The SMILES string of the molecule is Cc1ccc(OCC(O)CN(C)Cc2ccc(OCCCO)cc2)c(C)c1. The Morgan fingerprint density at radius 3 is 2.44 bits per heavy atom. The van der Waals surface area contributed by atoms with Crippen LogP contribution < -0.4 is 9.47 Å². The molecule has 0 saturated carbocycles. The summed E-state index contributed by atoms with van der Waals surface area (Å²) in [5.74, 6) is 1.62. The maximum Gasteiger partial charge on any atom is 0.122 e. The first-order valence-electron chi connectivity index (χ1n) is 9.37. The monoisotopic (exact) mass is 373 g/mol. The molecule has 5 nitrogen and oxygen atoms in total. The van der Waals surface area contributed by atoms with E-state index in [9.17, 15) is 5.11 Å².